The Balaban J connectivity index is 1.59. The fourth-order valence-electron chi connectivity index (χ4n) is 2.81. The number of hydrogen-bond acceptors (Lipinski definition) is 6. The first-order valence-corrected chi connectivity index (χ1v) is 10.5. The highest BCUT2D eigenvalue weighted by atomic mass is 35.5. The van der Waals surface area contributed by atoms with Gasteiger partial charge in [0, 0.05) is 38.5 Å². The molecule has 2 aromatic rings. The van der Waals surface area contributed by atoms with E-state index in [-0.39, 0.29) is 12.0 Å². The predicted octanol–water partition coefficient (Wildman–Crippen LogP) is 4.19. The van der Waals surface area contributed by atoms with E-state index in [9.17, 15) is 4.79 Å². The van der Waals surface area contributed by atoms with Gasteiger partial charge in [0.05, 0.1) is 29.3 Å². The number of carbonyl (C=O) groups is 1. The molecule has 1 amide bonds. The average Bonchev–Trinajstić information content (AvgIpc) is 2.66. The van der Waals surface area contributed by atoms with Crippen LogP contribution in [0.5, 0.6) is 0 Å². The van der Waals surface area contributed by atoms with Crippen molar-refractivity contribution in [3.63, 3.8) is 0 Å². The number of nitrogens with zero attached hydrogens (tertiary/aromatic N) is 4. The fraction of sp³-hybridized carbons (Fsp3) is 0.389. The van der Waals surface area contributed by atoms with Crippen LogP contribution in [0.15, 0.2) is 35.4 Å². The Morgan fingerprint density at radius 3 is 2.75 bits per heavy atom. The summed E-state index contributed by atoms with van der Waals surface area (Å²) in [5, 5.41) is 9.81. The molecular weight excluding hydrogens is 443 g/mol. The monoisotopic (exact) mass is 460 g/mol. The molecule has 0 N–H and O–H groups in total. The maximum absolute atomic E-state index is 12.1. The second-order valence-corrected chi connectivity index (χ2v) is 8.59. The van der Waals surface area contributed by atoms with Gasteiger partial charge in [0.1, 0.15) is 5.03 Å². The first-order chi connectivity index (χ1) is 13.4. The Hall–Kier alpha value is -1.09. The van der Waals surface area contributed by atoms with Gasteiger partial charge in [-0.3, -0.25) is 14.0 Å². The van der Waals surface area contributed by atoms with Crippen molar-refractivity contribution in [2.45, 2.75) is 24.6 Å². The minimum Gasteiger partial charge on any atom is -0.374 e. The SMILES string of the molecule is CC(=O)N(C[C@@H]1CN(Cc2ccc(Cl)c(Cl)c2)CCO1)Sc1ccc(Cl)nn1. The van der Waals surface area contributed by atoms with E-state index in [2.05, 4.69) is 15.1 Å². The summed E-state index contributed by atoms with van der Waals surface area (Å²) in [5.41, 5.74) is 1.09. The first kappa shape index (κ1) is 21.6. The number of carbonyl (C=O) groups excluding carboxylic acids is 1. The van der Waals surface area contributed by atoms with Gasteiger partial charge in [0.15, 0.2) is 5.15 Å². The van der Waals surface area contributed by atoms with Gasteiger partial charge >= 0.3 is 0 Å². The lowest BCUT2D eigenvalue weighted by Gasteiger charge is -2.35. The topological polar surface area (TPSA) is 58.6 Å². The van der Waals surface area contributed by atoms with Crippen molar-refractivity contribution >= 4 is 52.7 Å². The van der Waals surface area contributed by atoms with Gasteiger partial charge in [-0.05, 0) is 29.8 Å². The second kappa shape index (κ2) is 10.1. The van der Waals surface area contributed by atoms with Crippen molar-refractivity contribution in [3.8, 4) is 0 Å². The third-order valence-corrected chi connectivity index (χ3v) is 6.12. The fourth-order valence-corrected chi connectivity index (χ4v) is 4.03. The van der Waals surface area contributed by atoms with E-state index in [0.717, 1.165) is 18.7 Å². The van der Waals surface area contributed by atoms with Crippen LogP contribution in [0.25, 0.3) is 0 Å². The van der Waals surface area contributed by atoms with Gasteiger partial charge in [-0.25, -0.2) is 0 Å². The van der Waals surface area contributed by atoms with Crippen LogP contribution in [-0.4, -0.2) is 57.7 Å². The summed E-state index contributed by atoms with van der Waals surface area (Å²) in [4.78, 5) is 14.3. The molecule has 150 valence electrons. The number of rotatable bonds is 6. The van der Waals surface area contributed by atoms with Gasteiger partial charge in [-0.1, -0.05) is 40.9 Å². The first-order valence-electron chi connectivity index (χ1n) is 8.64. The van der Waals surface area contributed by atoms with E-state index in [0.29, 0.717) is 39.9 Å². The van der Waals surface area contributed by atoms with Gasteiger partial charge in [0.2, 0.25) is 5.91 Å². The molecule has 1 saturated heterocycles. The highest BCUT2D eigenvalue weighted by Gasteiger charge is 2.25. The normalized spacial score (nSPS) is 17.5. The van der Waals surface area contributed by atoms with Crippen molar-refractivity contribution in [1.82, 2.24) is 19.4 Å². The molecule has 0 saturated carbocycles. The predicted molar refractivity (Wildman–Crippen MR) is 112 cm³/mol. The maximum Gasteiger partial charge on any atom is 0.229 e. The molecule has 0 unspecified atom stereocenters. The number of aromatic nitrogens is 2. The third kappa shape index (κ3) is 6.20. The zero-order valence-electron chi connectivity index (χ0n) is 15.1. The molecule has 1 aromatic heterocycles. The van der Waals surface area contributed by atoms with Gasteiger partial charge < -0.3 is 4.74 Å². The number of morpholine rings is 1. The van der Waals surface area contributed by atoms with Crippen LogP contribution in [0.2, 0.25) is 15.2 Å². The molecule has 0 spiro atoms. The summed E-state index contributed by atoms with van der Waals surface area (Å²) in [6.45, 7) is 4.83. The Kier molecular flexibility index (Phi) is 7.79. The Morgan fingerprint density at radius 1 is 1.25 bits per heavy atom. The van der Waals surface area contributed by atoms with E-state index >= 15 is 0 Å². The van der Waals surface area contributed by atoms with E-state index < -0.39 is 0 Å². The molecule has 6 nitrogen and oxygen atoms in total. The van der Waals surface area contributed by atoms with Gasteiger partial charge in [-0.15, -0.1) is 10.2 Å². The largest absolute Gasteiger partial charge is 0.374 e. The molecule has 0 aliphatic carbocycles. The number of ether oxygens (including phenoxy) is 1. The standard InChI is InChI=1S/C18H19Cl3N4O2S/c1-12(26)25(28-18-5-4-17(21)22-23-18)11-14-10-24(6-7-27-14)9-13-2-3-15(19)16(20)8-13/h2-5,8,14H,6-7,9-11H2,1H3/t14-/m0/s1. The average molecular weight is 462 g/mol. The molecule has 1 atom stereocenters. The molecule has 10 heteroatoms. The van der Waals surface area contributed by atoms with Crippen molar-refractivity contribution in [2.75, 3.05) is 26.2 Å². The molecule has 3 rings (SSSR count). The molecule has 0 bridgehead atoms. The maximum atomic E-state index is 12.1. The Labute approximate surface area is 183 Å². The highest BCUT2D eigenvalue weighted by molar-refractivity contribution is 7.97. The van der Waals surface area contributed by atoms with Crippen molar-refractivity contribution < 1.29 is 9.53 Å². The van der Waals surface area contributed by atoms with E-state index in [4.69, 9.17) is 39.5 Å². The Morgan fingerprint density at radius 2 is 2.07 bits per heavy atom. The van der Waals surface area contributed by atoms with Crippen LogP contribution in [-0.2, 0) is 16.1 Å². The molecular formula is C18H19Cl3N4O2S. The minimum absolute atomic E-state index is 0.0769. The molecule has 1 aromatic carbocycles. The van der Waals surface area contributed by atoms with Crippen LogP contribution in [0.3, 0.4) is 0 Å². The van der Waals surface area contributed by atoms with Crippen LogP contribution in [0.4, 0.5) is 0 Å². The zero-order valence-corrected chi connectivity index (χ0v) is 18.2. The molecule has 0 radical (unpaired) electrons. The summed E-state index contributed by atoms with van der Waals surface area (Å²) in [6.07, 6.45) is -0.104. The molecule has 1 aliphatic rings. The lowest BCUT2D eigenvalue weighted by Crippen LogP contribution is -2.46. The lowest BCUT2D eigenvalue weighted by atomic mass is 10.2. The van der Waals surface area contributed by atoms with Crippen LogP contribution >= 0.6 is 46.8 Å². The number of hydrogen-bond donors (Lipinski definition) is 0. The summed E-state index contributed by atoms with van der Waals surface area (Å²) in [6, 6.07) is 9.03. The lowest BCUT2D eigenvalue weighted by molar-refractivity contribution is -0.126. The summed E-state index contributed by atoms with van der Waals surface area (Å²) >= 11 is 19.1. The van der Waals surface area contributed by atoms with Crippen LogP contribution in [0.1, 0.15) is 12.5 Å². The molecule has 28 heavy (non-hydrogen) atoms. The number of amides is 1. The summed E-state index contributed by atoms with van der Waals surface area (Å²) < 4.78 is 7.50. The molecule has 1 fully saturated rings. The van der Waals surface area contributed by atoms with E-state index in [1.807, 2.05) is 12.1 Å². The van der Waals surface area contributed by atoms with Crippen molar-refractivity contribution in [1.29, 1.82) is 0 Å². The quantitative estimate of drug-likeness (QED) is 0.601. The minimum atomic E-state index is -0.104. The molecule has 1 aliphatic heterocycles. The summed E-state index contributed by atoms with van der Waals surface area (Å²) in [7, 11) is 0. The van der Waals surface area contributed by atoms with Crippen LogP contribution < -0.4 is 0 Å². The van der Waals surface area contributed by atoms with Crippen molar-refractivity contribution in [2.24, 2.45) is 0 Å². The molecule has 2 heterocycles. The zero-order chi connectivity index (χ0) is 20.1. The smallest absolute Gasteiger partial charge is 0.229 e. The van der Waals surface area contributed by atoms with Crippen molar-refractivity contribution in [3.05, 3.63) is 51.1 Å². The van der Waals surface area contributed by atoms with Crippen LogP contribution in [0, 0.1) is 0 Å². The number of benzene rings is 1. The van der Waals surface area contributed by atoms with E-state index in [1.165, 1.54) is 18.9 Å². The third-order valence-electron chi connectivity index (χ3n) is 4.15. The Bertz CT molecular complexity index is 825. The van der Waals surface area contributed by atoms with Gasteiger partial charge in [-0.2, -0.15) is 0 Å². The summed E-state index contributed by atoms with van der Waals surface area (Å²) in [5.74, 6) is -0.0769. The highest BCUT2D eigenvalue weighted by Crippen LogP contribution is 2.25. The number of halogens is 3. The second-order valence-electron chi connectivity index (χ2n) is 6.34. The van der Waals surface area contributed by atoms with Gasteiger partial charge in [0.25, 0.3) is 0 Å². The van der Waals surface area contributed by atoms with E-state index in [1.54, 1.807) is 22.5 Å².